The maximum Gasteiger partial charge on any atom is 0.335 e. The maximum absolute atomic E-state index is 11.0. The van der Waals surface area contributed by atoms with Crippen molar-refractivity contribution in [1.29, 1.82) is 0 Å². The van der Waals surface area contributed by atoms with Gasteiger partial charge in [-0.2, -0.15) is 0 Å². The van der Waals surface area contributed by atoms with Gasteiger partial charge in [-0.1, -0.05) is 18.2 Å². The van der Waals surface area contributed by atoms with Gasteiger partial charge in [0.15, 0.2) is 0 Å². The van der Waals surface area contributed by atoms with E-state index in [1.807, 2.05) is 23.6 Å². The van der Waals surface area contributed by atoms with E-state index < -0.39 is 5.97 Å². The molecule has 3 aromatic rings. The average molecular weight is 411 g/mol. The molecule has 29 heavy (non-hydrogen) atoms. The van der Waals surface area contributed by atoms with Gasteiger partial charge in [-0.05, 0) is 35.2 Å². The highest BCUT2D eigenvalue weighted by atomic mass is 32.1. The number of nitrogens with two attached hydrogens (primary N) is 1. The topological polar surface area (TPSA) is 97.9 Å². The molecule has 0 spiro atoms. The minimum atomic E-state index is -0.956. The van der Waals surface area contributed by atoms with Gasteiger partial charge in [0.2, 0.25) is 5.88 Å². The molecule has 2 aromatic heterocycles. The number of morpholine rings is 1. The molecular formula is C21H21N3O4S. The van der Waals surface area contributed by atoms with Gasteiger partial charge in [-0.3, -0.25) is 0 Å². The molecule has 1 aromatic carbocycles. The summed E-state index contributed by atoms with van der Waals surface area (Å²) in [6.07, 6.45) is 0. The molecule has 0 radical (unpaired) electrons. The third-order valence-corrected chi connectivity index (χ3v) is 5.60. The van der Waals surface area contributed by atoms with Gasteiger partial charge >= 0.3 is 5.97 Å². The summed E-state index contributed by atoms with van der Waals surface area (Å²) in [5.74, 6) is -0.582. The van der Waals surface area contributed by atoms with Crippen molar-refractivity contribution >= 4 is 28.7 Å². The van der Waals surface area contributed by atoms with E-state index in [9.17, 15) is 4.79 Å². The summed E-state index contributed by atoms with van der Waals surface area (Å²) in [4.78, 5) is 18.9. The number of ether oxygens (including phenoxy) is 2. The van der Waals surface area contributed by atoms with Crippen LogP contribution in [0.1, 0.15) is 15.9 Å². The lowest BCUT2D eigenvalue weighted by atomic mass is 10.1. The Kier molecular flexibility index (Phi) is 5.64. The second-order valence-corrected chi connectivity index (χ2v) is 7.56. The molecular weight excluding hydrogens is 390 g/mol. The molecule has 150 valence electrons. The Labute approximate surface area is 172 Å². The first-order valence-electron chi connectivity index (χ1n) is 9.24. The van der Waals surface area contributed by atoms with Crippen LogP contribution in [-0.2, 0) is 11.3 Å². The van der Waals surface area contributed by atoms with Crippen molar-refractivity contribution in [3.05, 3.63) is 59.0 Å². The van der Waals surface area contributed by atoms with Crippen LogP contribution in [0.4, 0.5) is 11.4 Å². The van der Waals surface area contributed by atoms with Crippen molar-refractivity contribution in [2.75, 3.05) is 36.9 Å². The van der Waals surface area contributed by atoms with Gasteiger partial charge in [-0.25, -0.2) is 9.78 Å². The molecule has 0 bridgehead atoms. The number of hydrogen-bond acceptors (Lipinski definition) is 7. The lowest BCUT2D eigenvalue weighted by Gasteiger charge is -2.30. The third kappa shape index (κ3) is 4.33. The van der Waals surface area contributed by atoms with Gasteiger partial charge in [0.1, 0.15) is 12.3 Å². The summed E-state index contributed by atoms with van der Waals surface area (Å²) in [5, 5.41) is 11.0. The Morgan fingerprint density at radius 2 is 2.00 bits per heavy atom. The SMILES string of the molecule is Nc1c(N2CCOCC2)cc(-c2cccs2)nc1OCc1ccc(C(=O)O)cc1. The zero-order valence-corrected chi connectivity index (χ0v) is 16.5. The number of aromatic nitrogens is 1. The van der Waals surface area contributed by atoms with Gasteiger partial charge in [0.05, 0.1) is 35.0 Å². The quantitative estimate of drug-likeness (QED) is 0.640. The molecule has 0 unspecified atom stereocenters. The normalized spacial score (nSPS) is 14.0. The number of rotatable bonds is 6. The molecule has 0 amide bonds. The van der Waals surface area contributed by atoms with Crippen molar-refractivity contribution in [3.8, 4) is 16.5 Å². The van der Waals surface area contributed by atoms with Crippen LogP contribution in [0.15, 0.2) is 47.8 Å². The van der Waals surface area contributed by atoms with Crippen molar-refractivity contribution in [3.63, 3.8) is 0 Å². The molecule has 0 atom stereocenters. The van der Waals surface area contributed by atoms with E-state index >= 15 is 0 Å². The molecule has 1 saturated heterocycles. The fourth-order valence-corrected chi connectivity index (χ4v) is 3.83. The van der Waals surface area contributed by atoms with Crippen LogP contribution in [0, 0.1) is 0 Å². The van der Waals surface area contributed by atoms with E-state index in [4.69, 9.17) is 20.3 Å². The first kappa shape index (κ1) is 19.2. The van der Waals surface area contributed by atoms with E-state index in [1.54, 1.807) is 35.6 Å². The second-order valence-electron chi connectivity index (χ2n) is 6.61. The highest BCUT2D eigenvalue weighted by Crippen LogP contribution is 2.37. The highest BCUT2D eigenvalue weighted by Gasteiger charge is 2.20. The summed E-state index contributed by atoms with van der Waals surface area (Å²) in [5.41, 5.74) is 9.69. The van der Waals surface area contributed by atoms with E-state index in [1.165, 1.54) is 0 Å². The maximum atomic E-state index is 11.0. The average Bonchev–Trinajstić information content (AvgIpc) is 3.29. The number of carboxylic acid groups (broad SMARTS) is 1. The van der Waals surface area contributed by atoms with Crippen LogP contribution in [0.2, 0.25) is 0 Å². The number of carbonyl (C=O) groups is 1. The summed E-state index contributed by atoms with van der Waals surface area (Å²) in [7, 11) is 0. The van der Waals surface area contributed by atoms with Crippen molar-refractivity contribution in [2.45, 2.75) is 6.61 Å². The molecule has 3 heterocycles. The van der Waals surface area contributed by atoms with E-state index in [2.05, 4.69) is 9.88 Å². The van der Waals surface area contributed by atoms with Gasteiger partial charge in [0.25, 0.3) is 0 Å². The van der Waals surface area contributed by atoms with Crippen LogP contribution in [0.3, 0.4) is 0 Å². The number of aromatic carboxylic acids is 1. The van der Waals surface area contributed by atoms with Crippen LogP contribution >= 0.6 is 11.3 Å². The summed E-state index contributed by atoms with van der Waals surface area (Å²) >= 11 is 1.61. The van der Waals surface area contributed by atoms with Crippen LogP contribution in [-0.4, -0.2) is 42.4 Å². The minimum absolute atomic E-state index is 0.237. The van der Waals surface area contributed by atoms with Crippen molar-refractivity contribution in [1.82, 2.24) is 4.98 Å². The van der Waals surface area contributed by atoms with Crippen LogP contribution < -0.4 is 15.4 Å². The van der Waals surface area contributed by atoms with E-state index in [0.29, 0.717) is 24.8 Å². The largest absolute Gasteiger partial charge is 0.478 e. The monoisotopic (exact) mass is 411 g/mol. The highest BCUT2D eigenvalue weighted by molar-refractivity contribution is 7.13. The number of thiophene rings is 1. The Morgan fingerprint density at radius 3 is 2.66 bits per heavy atom. The second kappa shape index (κ2) is 8.50. The standard InChI is InChI=1S/C21H21N3O4S/c22-19-17(24-7-9-27-10-8-24)12-16(18-2-1-11-29-18)23-20(19)28-13-14-3-5-15(6-4-14)21(25)26/h1-6,11-12H,7-10,13,22H2,(H,25,26). The number of hydrogen-bond donors (Lipinski definition) is 2. The minimum Gasteiger partial charge on any atom is -0.478 e. The smallest absolute Gasteiger partial charge is 0.335 e. The number of carboxylic acids is 1. The Bertz CT molecular complexity index is 984. The predicted octanol–water partition coefficient (Wildman–Crippen LogP) is 3.51. The Balaban J connectivity index is 1.62. The lowest BCUT2D eigenvalue weighted by molar-refractivity contribution is 0.0697. The number of pyridine rings is 1. The molecule has 1 fully saturated rings. The van der Waals surface area contributed by atoms with Crippen LogP contribution in [0.25, 0.3) is 10.6 Å². The molecule has 1 aliphatic heterocycles. The number of nitrogens with zero attached hydrogens (tertiary/aromatic N) is 2. The van der Waals surface area contributed by atoms with E-state index in [0.717, 1.165) is 34.9 Å². The van der Waals surface area contributed by atoms with Gasteiger partial charge in [-0.15, -0.1) is 11.3 Å². The molecule has 3 N–H and O–H groups in total. The summed E-state index contributed by atoms with van der Waals surface area (Å²) < 4.78 is 11.4. The number of benzene rings is 1. The van der Waals surface area contributed by atoms with E-state index in [-0.39, 0.29) is 12.2 Å². The Hall–Kier alpha value is -3.10. The molecule has 0 aliphatic carbocycles. The molecule has 0 saturated carbocycles. The van der Waals surface area contributed by atoms with Crippen molar-refractivity contribution in [2.24, 2.45) is 0 Å². The molecule has 1 aliphatic rings. The number of anilines is 2. The fraction of sp³-hybridized carbons (Fsp3) is 0.238. The summed E-state index contributed by atoms with van der Waals surface area (Å²) in [6, 6.07) is 12.6. The Morgan fingerprint density at radius 1 is 1.24 bits per heavy atom. The third-order valence-electron chi connectivity index (χ3n) is 4.70. The molecule has 8 heteroatoms. The van der Waals surface area contributed by atoms with Crippen LogP contribution in [0.5, 0.6) is 5.88 Å². The van der Waals surface area contributed by atoms with Crippen molar-refractivity contribution < 1.29 is 19.4 Å². The lowest BCUT2D eigenvalue weighted by Crippen LogP contribution is -2.36. The predicted molar refractivity (Wildman–Crippen MR) is 113 cm³/mol. The fourth-order valence-electron chi connectivity index (χ4n) is 3.14. The molecule has 7 nitrogen and oxygen atoms in total. The first-order chi connectivity index (χ1) is 14.1. The van der Waals surface area contributed by atoms with Gasteiger partial charge < -0.3 is 25.2 Å². The first-order valence-corrected chi connectivity index (χ1v) is 10.1. The molecule has 4 rings (SSSR count). The zero-order valence-electron chi connectivity index (χ0n) is 15.7. The summed E-state index contributed by atoms with van der Waals surface area (Å²) in [6.45, 7) is 3.07. The zero-order chi connectivity index (χ0) is 20.2. The number of nitrogen functional groups attached to an aromatic ring is 1. The van der Waals surface area contributed by atoms with Gasteiger partial charge in [0, 0.05) is 13.1 Å².